The van der Waals surface area contributed by atoms with Crippen molar-refractivity contribution in [3.8, 4) is 5.75 Å². The second kappa shape index (κ2) is 7.02. The maximum absolute atomic E-state index is 12.0. The van der Waals surface area contributed by atoms with E-state index in [2.05, 4.69) is 10.3 Å². The van der Waals surface area contributed by atoms with E-state index in [1.54, 1.807) is 19.4 Å². The van der Waals surface area contributed by atoms with Crippen LogP contribution in [0.5, 0.6) is 5.75 Å². The summed E-state index contributed by atoms with van der Waals surface area (Å²) in [5, 5.41) is 3.81. The second-order valence-electron chi connectivity index (χ2n) is 5.30. The molecule has 0 unspecified atom stereocenters. The highest BCUT2D eigenvalue weighted by Crippen LogP contribution is 2.29. The number of methoxy groups -OCH3 is 1. The number of rotatable bonds is 6. The third kappa shape index (κ3) is 3.81. The Balaban J connectivity index is 2.24. The minimum atomic E-state index is -0.126. The van der Waals surface area contributed by atoms with E-state index < -0.39 is 0 Å². The van der Waals surface area contributed by atoms with Crippen LogP contribution in [0, 0.1) is 6.92 Å². The van der Waals surface area contributed by atoms with Crippen molar-refractivity contribution in [3.63, 3.8) is 0 Å². The SMILES string of the molecule is COc1cc(NC(=O)CCCC(C)=O)c2nccc(C)c2c1. The highest BCUT2D eigenvalue weighted by Gasteiger charge is 2.11. The normalized spacial score (nSPS) is 10.5. The zero-order valence-electron chi connectivity index (χ0n) is 13.1. The Morgan fingerprint density at radius 2 is 2.05 bits per heavy atom. The van der Waals surface area contributed by atoms with Crippen LogP contribution in [0.25, 0.3) is 10.9 Å². The van der Waals surface area contributed by atoms with Crippen molar-refractivity contribution < 1.29 is 14.3 Å². The molecule has 2 rings (SSSR count). The van der Waals surface area contributed by atoms with Crippen molar-refractivity contribution in [3.05, 3.63) is 30.0 Å². The molecule has 2 aromatic rings. The Morgan fingerprint density at radius 3 is 2.73 bits per heavy atom. The number of anilines is 1. The van der Waals surface area contributed by atoms with Gasteiger partial charge in [0.25, 0.3) is 0 Å². The number of Topliss-reactive ketones (excluding diaryl/α,β-unsaturated/α-hetero) is 1. The van der Waals surface area contributed by atoms with Crippen LogP contribution in [0.1, 0.15) is 31.7 Å². The number of aromatic nitrogens is 1. The Hall–Kier alpha value is -2.43. The zero-order chi connectivity index (χ0) is 16.1. The first kappa shape index (κ1) is 15.9. The highest BCUT2D eigenvalue weighted by molar-refractivity contribution is 6.02. The molecule has 1 aromatic carbocycles. The quantitative estimate of drug-likeness (QED) is 0.889. The molecular formula is C17H20N2O3. The van der Waals surface area contributed by atoms with Crippen molar-refractivity contribution in [1.29, 1.82) is 0 Å². The fraction of sp³-hybridized carbons (Fsp3) is 0.353. The first-order chi connectivity index (χ1) is 10.5. The molecule has 0 saturated carbocycles. The van der Waals surface area contributed by atoms with Gasteiger partial charge in [-0.15, -0.1) is 0 Å². The molecule has 1 N–H and O–H groups in total. The number of benzene rings is 1. The minimum absolute atomic E-state index is 0.0944. The van der Waals surface area contributed by atoms with Crippen molar-refractivity contribution >= 4 is 28.3 Å². The Kier molecular flexibility index (Phi) is 5.09. The number of nitrogens with zero attached hydrogens (tertiary/aromatic N) is 1. The molecule has 0 atom stereocenters. The van der Waals surface area contributed by atoms with E-state index in [4.69, 9.17) is 4.74 Å². The number of ether oxygens (including phenoxy) is 1. The molecule has 5 heteroatoms. The molecule has 5 nitrogen and oxygen atoms in total. The van der Waals surface area contributed by atoms with Crippen molar-refractivity contribution in [2.75, 3.05) is 12.4 Å². The molecule has 0 saturated heterocycles. The van der Waals surface area contributed by atoms with Crippen molar-refractivity contribution in [2.24, 2.45) is 0 Å². The number of ketones is 1. The van der Waals surface area contributed by atoms with Crippen molar-refractivity contribution in [2.45, 2.75) is 33.1 Å². The number of amides is 1. The van der Waals surface area contributed by atoms with Gasteiger partial charge in [-0.25, -0.2) is 0 Å². The Bertz CT molecular complexity index is 710. The molecule has 0 aliphatic carbocycles. The molecule has 1 heterocycles. The summed E-state index contributed by atoms with van der Waals surface area (Å²) in [6, 6.07) is 5.58. The van der Waals surface area contributed by atoms with Crippen LogP contribution in [0.15, 0.2) is 24.4 Å². The highest BCUT2D eigenvalue weighted by atomic mass is 16.5. The molecule has 116 valence electrons. The Morgan fingerprint density at radius 1 is 1.27 bits per heavy atom. The number of carbonyl (C=O) groups is 2. The molecule has 22 heavy (non-hydrogen) atoms. The molecule has 1 aromatic heterocycles. The Labute approximate surface area is 129 Å². The largest absolute Gasteiger partial charge is 0.497 e. The number of fused-ring (bicyclic) bond motifs is 1. The summed E-state index contributed by atoms with van der Waals surface area (Å²) in [4.78, 5) is 27.3. The van der Waals surface area contributed by atoms with Crippen LogP contribution in [-0.2, 0) is 9.59 Å². The number of carbonyl (C=O) groups excluding carboxylic acids is 2. The number of hydrogen-bond acceptors (Lipinski definition) is 4. The average molecular weight is 300 g/mol. The predicted octanol–water partition coefficient (Wildman–Crippen LogP) is 3.25. The topological polar surface area (TPSA) is 68.3 Å². The lowest BCUT2D eigenvalue weighted by molar-refractivity contribution is -0.117. The fourth-order valence-corrected chi connectivity index (χ4v) is 2.28. The fourth-order valence-electron chi connectivity index (χ4n) is 2.28. The number of pyridine rings is 1. The maximum atomic E-state index is 12.0. The van der Waals surface area contributed by atoms with Gasteiger partial charge in [-0.05, 0) is 38.0 Å². The predicted molar refractivity (Wildman–Crippen MR) is 86.2 cm³/mol. The van der Waals surface area contributed by atoms with Crippen LogP contribution in [-0.4, -0.2) is 23.8 Å². The van der Waals surface area contributed by atoms with Gasteiger partial charge in [0.2, 0.25) is 5.91 Å². The van der Waals surface area contributed by atoms with Gasteiger partial charge in [-0.3, -0.25) is 9.78 Å². The summed E-state index contributed by atoms with van der Waals surface area (Å²) in [6.45, 7) is 3.52. The van der Waals surface area contributed by atoms with Gasteiger partial charge in [-0.1, -0.05) is 0 Å². The molecule has 0 spiro atoms. The van der Waals surface area contributed by atoms with Gasteiger partial charge in [-0.2, -0.15) is 0 Å². The maximum Gasteiger partial charge on any atom is 0.224 e. The van der Waals surface area contributed by atoms with E-state index in [1.165, 1.54) is 6.92 Å². The molecular weight excluding hydrogens is 280 g/mol. The molecule has 0 fully saturated rings. The lowest BCUT2D eigenvalue weighted by Crippen LogP contribution is -2.12. The summed E-state index contributed by atoms with van der Waals surface area (Å²) in [7, 11) is 1.59. The van der Waals surface area contributed by atoms with E-state index >= 15 is 0 Å². The second-order valence-corrected chi connectivity index (χ2v) is 5.30. The van der Waals surface area contributed by atoms with Crippen LogP contribution in [0.4, 0.5) is 5.69 Å². The summed E-state index contributed by atoms with van der Waals surface area (Å²) in [5.41, 5.74) is 2.43. The molecule has 1 amide bonds. The molecule has 0 aliphatic heterocycles. The molecule has 0 bridgehead atoms. The third-order valence-electron chi connectivity index (χ3n) is 3.48. The number of hydrogen-bond donors (Lipinski definition) is 1. The first-order valence-electron chi connectivity index (χ1n) is 7.24. The zero-order valence-corrected chi connectivity index (χ0v) is 13.1. The number of nitrogens with one attached hydrogen (secondary N) is 1. The van der Waals surface area contributed by atoms with E-state index in [9.17, 15) is 9.59 Å². The lowest BCUT2D eigenvalue weighted by Gasteiger charge is -2.11. The van der Waals surface area contributed by atoms with E-state index in [0.717, 1.165) is 16.5 Å². The van der Waals surface area contributed by atoms with Gasteiger partial charge in [0.05, 0.1) is 18.3 Å². The third-order valence-corrected chi connectivity index (χ3v) is 3.48. The van der Waals surface area contributed by atoms with E-state index in [0.29, 0.717) is 30.7 Å². The lowest BCUT2D eigenvalue weighted by atomic mass is 10.1. The minimum Gasteiger partial charge on any atom is -0.497 e. The van der Waals surface area contributed by atoms with Crippen LogP contribution >= 0.6 is 0 Å². The first-order valence-corrected chi connectivity index (χ1v) is 7.24. The molecule has 0 radical (unpaired) electrons. The van der Waals surface area contributed by atoms with Crippen LogP contribution in [0.2, 0.25) is 0 Å². The van der Waals surface area contributed by atoms with Gasteiger partial charge in [0, 0.05) is 30.5 Å². The monoisotopic (exact) mass is 300 g/mol. The smallest absolute Gasteiger partial charge is 0.224 e. The van der Waals surface area contributed by atoms with E-state index in [-0.39, 0.29) is 11.7 Å². The standard InChI is InChI=1S/C17H20N2O3/c1-11-7-8-18-17-14(11)9-13(22-3)10-15(17)19-16(21)6-4-5-12(2)20/h7-10H,4-6H2,1-3H3,(H,19,21). The van der Waals surface area contributed by atoms with E-state index in [1.807, 2.05) is 19.1 Å². The summed E-state index contributed by atoms with van der Waals surface area (Å²) in [5.74, 6) is 0.638. The van der Waals surface area contributed by atoms with Crippen LogP contribution in [0.3, 0.4) is 0 Å². The van der Waals surface area contributed by atoms with Crippen molar-refractivity contribution in [1.82, 2.24) is 4.98 Å². The summed E-state index contributed by atoms with van der Waals surface area (Å²) >= 11 is 0. The van der Waals surface area contributed by atoms with Gasteiger partial charge >= 0.3 is 0 Å². The number of aryl methyl sites for hydroxylation is 1. The summed E-state index contributed by atoms with van der Waals surface area (Å²) < 4.78 is 5.29. The van der Waals surface area contributed by atoms with Gasteiger partial charge in [0.1, 0.15) is 11.5 Å². The van der Waals surface area contributed by atoms with Crippen LogP contribution < -0.4 is 10.1 Å². The summed E-state index contributed by atoms with van der Waals surface area (Å²) in [6.07, 6.45) is 3.00. The average Bonchev–Trinajstić information content (AvgIpc) is 2.47. The molecule has 0 aliphatic rings. The van der Waals surface area contributed by atoms with Gasteiger partial charge in [0.15, 0.2) is 0 Å². The van der Waals surface area contributed by atoms with Gasteiger partial charge < -0.3 is 14.8 Å².